The molecule has 0 radical (unpaired) electrons. The van der Waals surface area contributed by atoms with Crippen molar-refractivity contribution in [1.82, 2.24) is 4.31 Å². The van der Waals surface area contributed by atoms with Gasteiger partial charge in [0.2, 0.25) is 0 Å². The van der Waals surface area contributed by atoms with Gasteiger partial charge in [0.05, 0.1) is 5.69 Å². The Balaban J connectivity index is 3.06. The molecule has 0 spiro atoms. The minimum absolute atomic E-state index is 0.0581. The molecule has 0 heterocycles. The van der Waals surface area contributed by atoms with Gasteiger partial charge in [-0.15, -0.1) is 11.6 Å². The number of alkyl halides is 1. The van der Waals surface area contributed by atoms with Crippen LogP contribution < -0.4 is 4.31 Å². The predicted octanol–water partition coefficient (Wildman–Crippen LogP) is 2.46. The largest absolute Gasteiger partial charge is 0.303 e. The Hall–Kier alpha value is -0.850. The van der Waals surface area contributed by atoms with Crippen LogP contribution in [0.4, 0.5) is 10.1 Å². The standard InChI is InChI=1S/C12H18ClFN2O2S/c1-3-16(12-8-5-4-7-11(12)14)19(17,18)15(2)10-6-9-13/h4-5,7-8H,3,6,9-10H2,1-2H3. The van der Waals surface area contributed by atoms with E-state index in [1.165, 1.54) is 29.6 Å². The van der Waals surface area contributed by atoms with Gasteiger partial charge in [0.15, 0.2) is 0 Å². The zero-order chi connectivity index (χ0) is 14.5. The zero-order valence-corrected chi connectivity index (χ0v) is 12.6. The van der Waals surface area contributed by atoms with Crippen LogP contribution in [-0.4, -0.2) is 38.7 Å². The average Bonchev–Trinajstić information content (AvgIpc) is 2.38. The first kappa shape index (κ1) is 16.2. The normalized spacial score (nSPS) is 11.8. The fraction of sp³-hybridized carbons (Fsp3) is 0.500. The molecule has 0 N–H and O–H groups in total. The summed E-state index contributed by atoms with van der Waals surface area (Å²) in [6.07, 6.45) is 0.548. The maximum atomic E-state index is 13.7. The van der Waals surface area contributed by atoms with Gasteiger partial charge in [-0.1, -0.05) is 12.1 Å². The summed E-state index contributed by atoms with van der Waals surface area (Å²) < 4.78 is 40.7. The van der Waals surface area contributed by atoms with Crippen LogP contribution in [-0.2, 0) is 10.2 Å². The summed E-state index contributed by atoms with van der Waals surface area (Å²) in [5, 5.41) is 0. The van der Waals surface area contributed by atoms with Crippen LogP contribution in [0, 0.1) is 5.82 Å². The summed E-state index contributed by atoms with van der Waals surface area (Å²) >= 11 is 5.56. The molecule has 19 heavy (non-hydrogen) atoms. The highest BCUT2D eigenvalue weighted by molar-refractivity contribution is 7.90. The maximum absolute atomic E-state index is 13.7. The summed E-state index contributed by atoms with van der Waals surface area (Å²) in [4.78, 5) is 0. The quantitative estimate of drug-likeness (QED) is 0.726. The molecule has 108 valence electrons. The molecule has 1 rings (SSSR count). The van der Waals surface area contributed by atoms with E-state index in [0.29, 0.717) is 18.8 Å². The predicted molar refractivity (Wildman–Crippen MR) is 76.3 cm³/mol. The van der Waals surface area contributed by atoms with Crippen molar-refractivity contribution in [2.24, 2.45) is 0 Å². The van der Waals surface area contributed by atoms with Crippen molar-refractivity contribution in [2.75, 3.05) is 30.3 Å². The van der Waals surface area contributed by atoms with Crippen molar-refractivity contribution in [3.63, 3.8) is 0 Å². The van der Waals surface area contributed by atoms with Crippen LogP contribution in [0.2, 0.25) is 0 Å². The molecule has 0 fully saturated rings. The van der Waals surface area contributed by atoms with Crippen LogP contribution in [0.15, 0.2) is 24.3 Å². The topological polar surface area (TPSA) is 40.6 Å². The smallest absolute Gasteiger partial charge is 0.255 e. The fourth-order valence-electron chi connectivity index (χ4n) is 1.68. The van der Waals surface area contributed by atoms with Crippen molar-refractivity contribution in [3.8, 4) is 0 Å². The summed E-state index contributed by atoms with van der Waals surface area (Å²) in [7, 11) is -2.27. The van der Waals surface area contributed by atoms with Gasteiger partial charge in [-0.25, -0.2) is 4.39 Å². The molecule has 4 nitrogen and oxygen atoms in total. The number of para-hydroxylation sites is 1. The number of hydrogen-bond acceptors (Lipinski definition) is 2. The van der Waals surface area contributed by atoms with E-state index in [-0.39, 0.29) is 12.2 Å². The van der Waals surface area contributed by atoms with Crippen LogP contribution >= 0.6 is 11.6 Å². The van der Waals surface area contributed by atoms with Gasteiger partial charge >= 0.3 is 10.2 Å². The third kappa shape index (κ3) is 3.81. The SMILES string of the molecule is CCN(c1ccccc1F)S(=O)(=O)N(C)CCCCl. The van der Waals surface area contributed by atoms with Crippen molar-refractivity contribution < 1.29 is 12.8 Å². The molecule has 0 aliphatic heterocycles. The van der Waals surface area contributed by atoms with Gasteiger partial charge in [0.25, 0.3) is 0 Å². The lowest BCUT2D eigenvalue weighted by molar-refractivity contribution is 0.465. The molecule has 1 aromatic rings. The summed E-state index contributed by atoms with van der Waals surface area (Å²) in [6, 6.07) is 5.82. The number of anilines is 1. The van der Waals surface area contributed by atoms with Crippen LogP contribution in [0.3, 0.4) is 0 Å². The lowest BCUT2D eigenvalue weighted by Crippen LogP contribution is -2.42. The first-order valence-corrected chi connectivity index (χ1v) is 7.92. The Morgan fingerprint density at radius 2 is 1.95 bits per heavy atom. The van der Waals surface area contributed by atoms with Gasteiger partial charge in [-0.3, -0.25) is 4.31 Å². The third-order valence-corrected chi connectivity index (χ3v) is 4.94. The molecule has 7 heteroatoms. The van der Waals surface area contributed by atoms with E-state index in [1.54, 1.807) is 13.0 Å². The highest BCUT2D eigenvalue weighted by atomic mass is 35.5. The number of rotatable bonds is 7. The number of hydrogen-bond donors (Lipinski definition) is 0. The monoisotopic (exact) mass is 308 g/mol. The van der Waals surface area contributed by atoms with Crippen molar-refractivity contribution in [3.05, 3.63) is 30.1 Å². The lowest BCUT2D eigenvalue weighted by Gasteiger charge is -2.28. The van der Waals surface area contributed by atoms with Gasteiger partial charge < -0.3 is 0 Å². The summed E-state index contributed by atoms with van der Waals surface area (Å²) in [5.74, 6) is -0.176. The molecule has 0 aliphatic carbocycles. The minimum atomic E-state index is -3.73. The molecule has 0 saturated heterocycles. The Bertz CT molecular complexity index is 510. The molecule has 0 amide bonds. The molecule has 1 aromatic carbocycles. The third-order valence-electron chi connectivity index (χ3n) is 2.69. The van der Waals surface area contributed by atoms with E-state index < -0.39 is 16.0 Å². The Kier molecular flexibility index (Phi) is 6.03. The van der Waals surface area contributed by atoms with E-state index in [9.17, 15) is 12.8 Å². The lowest BCUT2D eigenvalue weighted by atomic mass is 10.3. The molecule has 0 saturated carbocycles. The van der Waals surface area contributed by atoms with E-state index in [4.69, 9.17) is 11.6 Å². The van der Waals surface area contributed by atoms with E-state index in [0.717, 1.165) is 4.31 Å². The van der Waals surface area contributed by atoms with E-state index >= 15 is 0 Å². The van der Waals surface area contributed by atoms with Gasteiger partial charge in [-0.2, -0.15) is 12.7 Å². The highest BCUT2D eigenvalue weighted by Gasteiger charge is 2.27. The number of benzene rings is 1. The molecular weight excluding hydrogens is 291 g/mol. The molecule has 0 bridgehead atoms. The average molecular weight is 309 g/mol. The first-order valence-electron chi connectivity index (χ1n) is 5.99. The molecule has 0 atom stereocenters. The highest BCUT2D eigenvalue weighted by Crippen LogP contribution is 2.22. The van der Waals surface area contributed by atoms with E-state index in [1.807, 2.05) is 0 Å². The fourth-order valence-corrected chi connectivity index (χ4v) is 3.22. The van der Waals surface area contributed by atoms with Crippen molar-refractivity contribution >= 4 is 27.5 Å². The maximum Gasteiger partial charge on any atom is 0.303 e. The Labute approximate surface area is 119 Å². The number of halogens is 2. The molecule has 0 unspecified atom stereocenters. The molecule has 0 aliphatic rings. The van der Waals surface area contributed by atoms with Crippen molar-refractivity contribution in [2.45, 2.75) is 13.3 Å². The first-order chi connectivity index (χ1) is 8.95. The Morgan fingerprint density at radius 3 is 2.47 bits per heavy atom. The molecule has 0 aromatic heterocycles. The zero-order valence-electron chi connectivity index (χ0n) is 11.0. The van der Waals surface area contributed by atoms with Crippen molar-refractivity contribution in [1.29, 1.82) is 0 Å². The van der Waals surface area contributed by atoms with Gasteiger partial charge in [0.1, 0.15) is 5.82 Å². The minimum Gasteiger partial charge on any atom is -0.255 e. The molecular formula is C12H18ClFN2O2S. The van der Waals surface area contributed by atoms with Gasteiger partial charge in [0, 0.05) is 26.0 Å². The Morgan fingerprint density at radius 1 is 1.32 bits per heavy atom. The summed E-state index contributed by atoms with van der Waals surface area (Å²) in [6.45, 7) is 2.13. The van der Waals surface area contributed by atoms with Gasteiger partial charge in [-0.05, 0) is 25.5 Å². The second kappa shape index (κ2) is 7.07. The number of nitrogens with zero attached hydrogens (tertiary/aromatic N) is 2. The second-order valence-corrected chi connectivity index (χ2v) is 6.33. The van der Waals surface area contributed by atoms with E-state index in [2.05, 4.69) is 0 Å². The summed E-state index contributed by atoms with van der Waals surface area (Å²) in [5.41, 5.74) is 0.0581. The second-order valence-electron chi connectivity index (χ2n) is 3.99. The van der Waals surface area contributed by atoms with Crippen LogP contribution in [0.25, 0.3) is 0 Å². The van der Waals surface area contributed by atoms with Crippen LogP contribution in [0.5, 0.6) is 0 Å². The van der Waals surface area contributed by atoms with Crippen LogP contribution in [0.1, 0.15) is 13.3 Å².